The van der Waals surface area contributed by atoms with Crippen LogP contribution in [0.15, 0.2) is 11.6 Å². The van der Waals surface area contributed by atoms with Crippen molar-refractivity contribution in [1.29, 1.82) is 0 Å². The van der Waals surface area contributed by atoms with Crippen LogP contribution >= 0.6 is 0 Å². The van der Waals surface area contributed by atoms with Gasteiger partial charge in [-0.15, -0.1) is 0 Å². The lowest BCUT2D eigenvalue weighted by atomic mass is 9.47. The van der Waals surface area contributed by atoms with Gasteiger partial charge in [0.15, 0.2) is 0 Å². The van der Waals surface area contributed by atoms with E-state index >= 15 is 0 Å². The summed E-state index contributed by atoms with van der Waals surface area (Å²) in [6, 6.07) is 0. The fourth-order valence-electron chi connectivity index (χ4n) is 8.37. The number of hydrogen-bond acceptors (Lipinski definition) is 2. The van der Waals surface area contributed by atoms with Crippen molar-refractivity contribution in [3.05, 3.63) is 11.6 Å². The average Bonchev–Trinajstić information content (AvgIpc) is 2.99. The van der Waals surface area contributed by atoms with Gasteiger partial charge in [-0.2, -0.15) is 0 Å². The van der Waals surface area contributed by atoms with Crippen LogP contribution in [0.2, 0.25) is 0 Å². The number of aliphatic hydroxyl groups excluding tert-OH is 2. The molecule has 2 heteroatoms. The number of allylic oxidation sites excluding steroid dienone is 1. The van der Waals surface area contributed by atoms with E-state index in [4.69, 9.17) is 0 Å². The van der Waals surface area contributed by atoms with Gasteiger partial charge in [-0.05, 0) is 98.2 Å². The van der Waals surface area contributed by atoms with Crippen molar-refractivity contribution in [2.24, 2.45) is 40.4 Å². The molecule has 0 aliphatic heterocycles. The maximum absolute atomic E-state index is 10.7. The van der Waals surface area contributed by atoms with Crippen LogP contribution in [-0.2, 0) is 0 Å². The lowest BCUT2D eigenvalue weighted by molar-refractivity contribution is -0.0678. The van der Waals surface area contributed by atoms with Crippen LogP contribution < -0.4 is 0 Å². The van der Waals surface area contributed by atoms with Gasteiger partial charge in [0.05, 0.1) is 12.2 Å². The molecular weight excluding hydrogens is 332 g/mol. The van der Waals surface area contributed by atoms with E-state index in [1.54, 1.807) is 5.57 Å². The van der Waals surface area contributed by atoms with Crippen molar-refractivity contribution in [2.75, 3.05) is 0 Å². The zero-order valence-corrected chi connectivity index (χ0v) is 18.1. The van der Waals surface area contributed by atoms with Crippen LogP contribution in [0.1, 0.15) is 91.9 Å². The Kier molecular flexibility index (Phi) is 5.30. The topological polar surface area (TPSA) is 40.5 Å². The van der Waals surface area contributed by atoms with Crippen LogP contribution in [0.3, 0.4) is 0 Å². The van der Waals surface area contributed by atoms with Crippen LogP contribution in [0, 0.1) is 40.4 Å². The summed E-state index contributed by atoms with van der Waals surface area (Å²) in [7, 11) is 0. The standard InChI is InChI=1S/C25H42O2/c1-5-6-23(27)16(2)20-9-10-21-19-8-7-17-15-18(26)11-13-24(17,3)22(19)12-14-25(20,21)4/h7,16,18-23,26-27H,5-6,8-15H2,1-4H3/t16-,18-,19?,20?,21?,22?,23-,24-,25+/m0/s1. The molecule has 9 atom stereocenters. The minimum absolute atomic E-state index is 0.105. The maximum atomic E-state index is 10.7. The molecule has 3 fully saturated rings. The third-order valence-corrected chi connectivity index (χ3v) is 9.98. The Labute approximate surface area is 166 Å². The molecule has 2 N–H and O–H groups in total. The largest absolute Gasteiger partial charge is 0.393 e. The van der Waals surface area contributed by atoms with Gasteiger partial charge in [0, 0.05) is 0 Å². The van der Waals surface area contributed by atoms with Crippen molar-refractivity contribution in [3.63, 3.8) is 0 Å². The number of hydrogen-bond donors (Lipinski definition) is 2. The highest BCUT2D eigenvalue weighted by atomic mass is 16.3. The molecule has 4 rings (SSSR count). The molecule has 0 aromatic carbocycles. The monoisotopic (exact) mass is 374 g/mol. The summed E-state index contributed by atoms with van der Waals surface area (Å²) in [5.74, 6) is 3.60. The fraction of sp³-hybridized carbons (Fsp3) is 0.920. The second-order valence-corrected chi connectivity index (χ2v) is 11.1. The molecule has 0 amide bonds. The second-order valence-electron chi connectivity index (χ2n) is 11.1. The molecule has 4 aliphatic rings. The summed E-state index contributed by atoms with van der Waals surface area (Å²) in [6.07, 6.45) is 14.1. The van der Waals surface area contributed by atoms with E-state index in [0.29, 0.717) is 22.7 Å². The highest BCUT2D eigenvalue weighted by molar-refractivity contribution is 5.25. The van der Waals surface area contributed by atoms with Crippen molar-refractivity contribution in [1.82, 2.24) is 0 Å². The molecule has 0 bridgehead atoms. The lowest BCUT2D eigenvalue weighted by Gasteiger charge is -2.58. The van der Waals surface area contributed by atoms with E-state index in [9.17, 15) is 10.2 Å². The molecule has 4 aliphatic carbocycles. The quantitative estimate of drug-likeness (QED) is 0.618. The number of aliphatic hydroxyl groups is 2. The lowest BCUT2D eigenvalue weighted by Crippen LogP contribution is -2.51. The van der Waals surface area contributed by atoms with Crippen LogP contribution in [-0.4, -0.2) is 22.4 Å². The van der Waals surface area contributed by atoms with Gasteiger partial charge in [-0.3, -0.25) is 0 Å². The van der Waals surface area contributed by atoms with Crippen molar-refractivity contribution in [2.45, 2.75) is 104 Å². The zero-order chi connectivity index (χ0) is 19.4. The summed E-state index contributed by atoms with van der Waals surface area (Å²) >= 11 is 0. The summed E-state index contributed by atoms with van der Waals surface area (Å²) in [6.45, 7) is 9.61. The molecule has 0 radical (unpaired) electrons. The molecule has 0 aromatic heterocycles. The zero-order valence-electron chi connectivity index (χ0n) is 18.1. The second kappa shape index (κ2) is 7.17. The molecule has 2 nitrogen and oxygen atoms in total. The first-order chi connectivity index (χ1) is 12.8. The molecule has 4 unspecified atom stereocenters. The summed E-state index contributed by atoms with van der Waals surface area (Å²) in [5, 5.41) is 20.9. The molecule has 3 saturated carbocycles. The molecule has 0 spiro atoms. The summed E-state index contributed by atoms with van der Waals surface area (Å²) in [4.78, 5) is 0. The van der Waals surface area contributed by atoms with Gasteiger partial charge in [0.25, 0.3) is 0 Å². The molecule has 27 heavy (non-hydrogen) atoms. The van der Waals surface area contributed by atoms with Gasteiger partial charge in [0.2, 0.25) is 0 Å². The van der Waals surface area contributed by atoms with Gasteiger partial charge in [-0.1, -0.05) is 45.8 Å². The minimum Gasteiger partial charge on any atom is -0.393 e. The Morgan fingerprint density at radius 1 is 1.11 bits per heavy atom. The smallest absolute Gasteiger partial charge is 0.0577 e. The molecule has 154 valence electrons. The Hall–Kier alpha value is -0.340. The normalized spacial score (nSPS) is 48.8. The maximum Gasteiger partial charge on any atom is 0.0577 e. The van der Waals surface area contributed by atoms with E-state index in [2.05, 4.69) is 33.8 Å². The minimum atomic E-state index is -0.122. The Bertz CT molecular complexity index is 583. The highest BCUT2D eigenvalue weighted by Gasteiger charge is 2.59. The van der Waals surface area contributed by atoms with Crippen LogP contribution in [0.4, 0.5) is 0 Å². The first-order valence-electron chi connectivity index (χ1n) is 11.9. The third kappa shape index (κ3) is 3.05. The average molecular weight is 375 g/mol. The van der Waals surface area contributed by atoms with E-state index in [-0.39, 0.29) is 12.2 Å². The first kappa shape index (κ1) is 20.0. The Morgan fingerprint density at radius 3 is 2.63 bits per heavy atom. The van der Waals surface area contributed by atoms with Gasteiger partial charge >= 0.3 is 0 Å². The first-order valence-corrected chi connectivity index (χ1v) is 11.9. The molecular formula is C25H42O2. The SMILES string of the molecule is CCC[C@H](O)[C@@H](C)C1CCC2C3CC=C4C[C@@H](O)CC[C@]4(C)C3CC[C@@]21C. The predicted octanol–water partition coefficient (Wildman–Crippen LogP) is 5.72. The molecule has 0 saturated heterocycles. The van der Waals surface area contributed by atoms with E-state index in [1.165, 1.54) is 38.5 Å². The molecule has 0 aromatic rings. The van der Waals surface area contributed by atoms with E-state index < -0.39 is 0 Å². The van der Waals surface area contributed by atoms with Crippen molar-refractivity contribution in [3.8, 4) is 0 Å². The highest BCUT2D eigenvalue weighted by Crippen LogP contribution is 2.67. The molecule has 0 heterocycles. The van der Waals surface area contributed by atoms with Gasteiger partial charge in [-0.25, -0.2) is 0 Å². The Morgan fingerprint density at radius 2 is 1.89 bits per heavy atom. The predicted molar refractivity (Wildman–Crippen MR) is 111 cm³/mol. The Balaban J connectivity index is 1.57. The fourth-order valence-corrected chi connectivity index (χ4v) is 8.37. The van der Waals surface area contributed by atoms with Gasteiger partial charge < -0.3 is 10.2 Å². The van der Waals surface area contributed by atoms with Crippen LogP contribution in [0.5, 0.6) is 0 Å². The summed E-state index contributed by atoms with van der Waals surface area (Å²) in [5.41, 5.74) is 2.34. The van der Waals surface area contributed by atoms with Gasteiger partial charge in [0.1, 0.15) is 0 Å². The van der Waals surface area contributed by atoms with E-state index in [1.807, 2.05) is 0 Å². The van der Waals surface area contributed by atoms with Crippen LogP contribution in [0.25, 0.3) is 0 Å². The third-order valence-electron chi connectivity index (χ3n) is 9.98. The van der Waals surface area contributed by atoms with E-state index in [0.717, 1.165) is 43.4 Å². The summed E-state index contributed by atoms with van der Waals surface area (Å²) < 4.78 is 0. The van der Waals surface area contributed by atoms with Crippen molar-refractivity contribution >= 4 is 0 Å². The number of fused-ring (bicyclic) bond motifs is 5. The van der Waals surface area contributed by atoms with Crippen molar-refractivity contribution < 1.29 is 10.2 Å². The number of rotatable bonds is 4.